The van der Waals surface area contributed by atoms with E-state index in [2.05, 4.69) is 13.5 Å². The van der Waals surface area contributed by atoms with Gasteiger partial charge >= 0.3 is 5.97 Å². The number of unbranched alkanes of at least 4 members (excludes halogenated alkanes) is 1. The summed E-state index contributed by atoms with van der Waals surface area (Å²) in [7, 11) is 0. The first kappa shape index (κ1) is 20.2. The standard InChI is InChI=1S/C22H24O5/c1-4-5-14-25-18-8-6-17(7-9-18)22(24)27-20-12-10-19(11-13-20)26-15-21(23)16(2)3/h6-13H,2,4-5,14-15H2,1,3H3. The number of carbonyl (C=O) groups is 2. The number of hydrogen-bond donors (Lipinski definition) is 0. The van der Waals surface area contributed by atoms with Crippen molar-refractivity contribution in [3.63, 3.8) is 0 Å². The quantitative estimate of drug-likeness (QED) is 0.265. The molecule has 2 rings (SSSR count). The van der Waals surface area contributed by atoms with Crippen LogP contribution in [0.3, 0.4) is 0 Å². The highest BCUT2D eigenvalue weighted by atomic mass is 16.5. The Balaban J connectivity index is 1.88. The van der Waals surface area contributed by atoms with E-state index in [0.717, 1.165) is 18.6 Å². The fourth-order valence-electron chi connectivity index (χ4n) is 2.06. The molecule has 5 nitrogen and oxygen atoms in total. The molecule has 2 aromatic carbocycles. The maximum Gasteiger partial charge on any atom is 0.343 e. The minimum absolute atomic E-state index is 0.0683. The lowest BCUT2D eigenvalue weighted by Gasteiger charge is -2.08. The largest absolute Gasteiger partial charge is 0.494 e. The predicted octanol–water partition coefficient (Wildman–Crippen LogP) is 4.61. The van der Waals surface area contributed by atoms with Crippen molar-refractivity contribution >= 4 is 11.8 Å². The molecule has 5 heteroatoms. The van der Waals surface area contributed by atoms with Crippen molar-refractivity contribution < 1.29 is 23.8 Å². The van der Waals surface area contributed by atoms with Crippen LogP contribution in [0, 0.1) is 0 Å². The normalized spacial score (nSPS) is 10.1. The molecule has 0 aliphatic carbocycles. The SMILES string of the molecule is C=C(C)C(=O)COc1ccc(OC(=O)c2ccc(OCCCC)cc2)cc1. The Bertz CT molecular complexity index is 775. The van der Waals surface area contributed by atoms with Crippen LogP contribution < -0.4 is 14.2 Å². The van der Waals surface area contributed by atoms with E-state index in [-0.39, 0.29) is 12.4 Å². The van der Waals surface area contributed by atoms with Crippen molar-refractivity contribution in [1.82, 2.24) is 0 Å². The minimum atomic E-state index is -0.457. The molecular formula is C22H24O5. The van der Waals surface area contributed by atoms with Gasteiger partial charge in [0.2, 0.25) is 0 Å². The number of esters is 1. The van der Waals surface area contributed by atoms with Crippen molar-refractivity contribution in [1.29, 1.82) is 0 Å². The summed E-state index contributed by atoms with van der Waals surface area (Å²) in [6.45, 7) is 7.90. The fourth-order valence-corrected chi connectivity index (χ4v) is 2.06. The van der Waals surface area contributed by atoms with Gasteiger partial charge in [-0.05, 0) is 67.4 Å². The summed E-state index contributed by atoms with van der Waals surface area (Å²) in [6.07, 6.45) is 2.06. The molecule has 0 radical (unpaired) electrons. The Hall–Kier alpha value is -3.08. The predicted molar refractivity (Wildman–Crippen MR) is 104 cm³/mol. The van der Waals surface area contributed by atoms with Gasteiger partial charge in [0.25, 0.3) is 0 Å². The lowest BCUT2D eigenvalue weighted by Crippen LogP contribution is -2.11. The molecule has 0 amide bonds. The summed E-state index contributed by atoms with van der Waals surface area (Å²) in [4.78, 5) is 23.7. The van der Waals surface area contributed by atoms with Crippen LogP contribution in [0.1, 0.15) is 37.0 Å². The Morgan fingerprint density at radius 1 is 0.889 bits per heavy atom. The number of ether oxygens (including phenoxy) is 3. The van der Waals surface area contributed by atoms with Gasteiger partial charge in [-0.15, -0.1) is 0 Å². The molecule has 0 N–H and O–H groups in total. The first-order chi connectivity index (χ1) is 13.0. The molecule has 0 aliphatic heterocycles. The summed E-state index contributed by atoms with van der Waals surface area (Å²) in [5.41, 5.74) is 0.882. The van der Waals surface area contributed by atoms with E-state index in [1.165, 1.54) is 0 Å². The maximum absolute atomic E-state index is 12.2. The molecule has 0 saturated carbocycles. The van der Waals surface area contributed by atoms with E-state index >= 15 is 0 Å². The van der Waals surface area contributed by atoms with Crippen LogP contribution in [0.15, 0.2) is 60.7 Å². The molecule has 0 fully saturated rings. The van der Waals surface area contributed by atoms with Gasteiger partial charge in [0.1, 0.15) is 17.2 Å². The van der Waals surface area contributed by atoms with Crippen LogP contribution in [0.4, 0.5) is 0 Å². The summed E-state index contributed by atoms with van der Waals surface area (Å²) >= 11 is 0. The number of hydrogen-bond acceptors (Lipinski definition) is 5. The molecule has 0 heterocycles. The molecule has 0 aliphatic rings. The molecule has 0 bridgehead atoms. The highest BCUT2D eigenvalue weighted by Gasteiger charge is 2.09. The fraction of sp³-hybridized carbons (Fsp3) is 0.273. The molecule has 27 heavy (non-hydrogen) atoms. The lowest BCUT2D eigenvalue weighted by molar-refractivity contribution is -0.117. The van der Waals surface area contributed by atoms with Crippen LogP contribution in [0.25, 0.3) is 0 Å². The van der Waals surface area contributed by atoms with Gasteiger partial charge in [-0.1, -0.05) is 19.9 Å². The van der Waals surface area contributed by atoms with E-state index in [0.29, 0.717) is 29.2 Å². The third-order valence-corrected chi connectivity index (χ3v) is 3.74. The van der Waals surface area contributed by atoms with E-state index in [9.17, 15) is 9.59 Å². The van der Waals surface area contributed by atoms with Gasteiger partial charge in [0, 0.05) is 0 Å². The van der Waals surface area contributed by atoms with Gasteiger partial charge in [0.15, 0.2) is 12.4 Å². The topological polar surface area (TPSA) is 61.8 Å². The van der Waals surface area contributed by atoms with Crippen LogP contribution in [0.5, 0.6) is 17.2 Å². The molecular weight excluding hydrogens is 344 g/mol. The van der Waals surface area contributed by atoms with Crippen LogP contribution >= 0.6 is 0 Å². The summed E-state index contributed by atoms with van der Waals surface area (Å²) in [5, 5.41) is 0. The second-order valence-corrected chi connectivity index (χ2v) is 6.08. The highest BCUT2D eigenvalue weighted by molar-refractivity contribution is 5.95. The van der Waals surface area contributed by atoms with E-state index in [1.54, 1.807) is 55.5 Å². The van der Waals surface area contributed by atoms with E-state index < -0.39 is 5.97 Å². The molecule has 0 atom stereocenters. The third kappa shape index (κ3) is 6.62. The minimum Gasteiger partial charge on any atom is -0.494 e. The van der Waals surface area contributed by atoms with Gasteiger partial charge < -0.3 is 14.2 Å². The molecule has 142 valence electrons. The average molecular weight is 368 g/mol. The maximum atomic E-state index is 12.2. The summed E-state index contributed by atoms with van der Waals surface area (Å²) < 4.78 is 16.3. The molecule has 0 saturated heterocycles. The zero-order valence-corrected chi connectivity index (χ0v) is 15.7. The zero-order valence-electron chi connectivity index (χ0n) is 15.7. The van der Waals surface area contributed by atoms with Gasteiger partial charge in [0.05, 0.1) is 12.2 Å². The van der Waals surface area contributed by atoms with E-state index in [4.69, 9.17) is 14.2 Å². The van der Waals surface area contributed by atoms with Crippen LogP contribution in [0.2, 0.25) is 0 Å². The van der Waals surface area contributed by atoms with Crippen molar-refractivity contribution in [3.05, 3.63) is 66.2 Å². The van der Waals surface area contributed by atoms with Gasteiger partial charge in [-0.25, -0.2) is 4.79 Å². The van der Waals surface area contributed by atoms with Crippen molar-refractivity contribution in [3.8, 4) is 17.2 Å². The van der Waals surface area contributed by atoms with Crippen molar-refractivity contribution in [2.75, 3.05) is 13.2 Å². The second kappa shape index (κ2) is 10.2. The second-order valence-electron chi connectivity index (χ2n) is 6.08. The Morgan fingerprint density at radius 2 is 1.44 bits per heavy atom. The van der Waals surface area contributed by atoms with Crippen LogP contribution in [-0.4, -0.2) is 25.0 Å². The monoisotopic (exact) mass is 368 g/mol. The molecule has 0 unspecified atom stereocenters. The Labute approximate surface area is 159 Å². The zero-order chi connectivity index (χ0) is 19.6. The average Bonchev–Trinajstić information content (AvgIpc) is 2.67. The number of benzene rings is 2. The molecule has 0 spiro atoms. The first-order valence-electron chi connectivity index (χ1n) is 8.86. The number of ketones is 1. The summed E-state index contributed by atoms with van der Waals surface area (Å²) in [5.74, 6) is 1.01. The van der Waals surface area contributed by atoms with E-state index in [1.807, 2.05) is 0 Å². The molecule has 2 aromatic rings. The van der Waals surface area contributed by atoms with Gasteiger partial charge in [-0.2, -0.15) is 0 Å². The Kier molecular flexibility index (Phi) is 7.62. The summed E-state index contributed by atoms with van der Waals surface area (Å²) in [6, 6.07) is 13.3. The number of Topliss-reactive ketones (excluding diaryl/α,β-unsaturated/α-hetero) is 1. The third-order valence-electron chi connectivity index (χ3n) is 3.74. The Morgan fingerprint density at radius 3 is 2.04 bits per heavy atom. The highest BCUT2D eigenvalue weighted by Crippen LogP contribution is 2.20. The number of rotatable bonds is 10. The van der Waals surface area contributed by atoms with Crippen molar-refractivity contribution in [2.45, 2.75) is 26.7 Å². The smallest absolute Gasteiger partial charge is 0.343 e. The van der Waals surface area contributed by atoms with Gasteiger partial charge in [-0.3, -0.25) is 4.79 Å². The van der Waals surface area contributed by atoms with Crippen LogP contribution in [-0.2, 0) is 4.79 Å². The number of carbonyl (C=O) groups excluding carboxylic acids is 2. The first-order valence-corrected chi connectivity index (χ1v) is 8.86. The van der Waals surface area contributed by atoms with Crippen molar-refractivity contribution in [2.24, 2.45) is 0 Å². The lowest BCUT2D eigenvalue weighted by atomic mass is 10.2. The molecule has 0 aromatic heterocycles.